The fourth-order valence-corrected chi connectivity index (χ4v) is 6.80. The second-order valence-electron chi connectivity index (χ2n) is 13.0. The number of Topliss-reactive ketones (excluding diaryl/α,β-unsaturated/α-hetero) is 2. The molecule has 0 N–H and O–H groups in total. The van der Waals surface area contributed by atoms with Crippen molar-refractivity contribution >= 4 is 27.5 Å². The first-order valence-electron chi connectivity index (χ1n) is 14.8. The number of unbranched alkanes of at least 4 members (excludes halogenated alkanes) is 5. The minimum atomic E-state index is -0.459. The molecule has 0 saturated carbocycles. The maximum atomic E-state index is 13.6. The number of hydrogen-bond acceptors (Lipinski definition) is 5. The van der Waals surface area contributed by atoms with Crippen molar-refractivity contribution in [2.24, 2.45) is 10.8 Å². The van der Waals surface area contributed by atoms with Crippen LogP contribution in [0.15, 0.2) is 39.3 Å². The van der Waals surface area contributed by atoms with Gasteiger partial charge in [-0.1, -0.05) is 66.7 Å². The summed E-state index contributed by atoms with van der Waals surface area (Å²) in [5, 5.41) is 0. The van der Waals surface area contributed by atoms with Crippen molar-refractivity contribution in [1.82, 2.24) is 0 Å². The largest absolute Gasteiger partial charge is 0.490 e. The van der Waals surface area contributed by atoms with Crippen LogP contribution in [0, 0.1) is 10.8 Å². The average molecular weight is 602 g/mol. The van der Waals surface area contributed by atoms with Crippen molar-refractivity contribution in [3.05, 3.63) is 44.8 Å². The monoisotopic (exact) mass is 600 g/mol. The van der Waals surface area contributed by atoms with E-state index in [1.807, 2.05) is 19.1 Å². The molecule has 0 atom stereocenters. The fourth-order valence-electron chi connectivity index (χ4n) is 6.22. The Labute approximate surface area is 242 Å². The van der Waals surface area contributed by atoms with Crippen molar-refractivity contribution in [3.8, 4) is 11.5 Å². The van der Waals surface area contributed by atoms with E-state index in [4.69, 9.17) is 14.2 Å². The molecule has 4 rings (SSSR count). The highest BCUT2D eigenvalue weighted by molar-refractivity contribution is 9.10. The van der Waals surface area contributed by atoms with Gasteiger partial charge in [0.25, 0.3) is 0 Å². The molecule has 0 amide bonds. The lowest BCUT2D eigenvalue weighted by molar-refractivity contribution is -0.120. The molecule has 1 aliphatic heterocycles. The van der Waals surface area contributed by atoms with E-state index in [1.165, 1.54) is 25.7 Å². The lowest BCUT2D eigenvalue weighted by atomic mass is 9.65. The van der Waals surface area contributed by atoms with Crippen LogP contribution < -0.4 is 9.47 Å². The Morgan fingerprint density at radius 1 is 0.821 bits per heavy atom. The van der Waals surface area contributed by atoms with Crippen molar-refractivity contribution < 1.29 is 23.8 Å². The maximum Gasteiger partial charge on any atom is 0.175 e. The number of rotatable bonds is 11. The molecule has 0 saturated heterocycles. The van der Waals surface area contributed by atoms with Gasteiger partial charge in [-0.25, -0.2) is 0 Å². The van der Waals surface area contributed by atoms with E-state index in [9.17, 15) is 9.59 Å². The number of ketones is 2. The first-order chi connectivity index (χ1) is 18.5. The van der Waals surface area contributed by atoms with Gasteiger partial charge in [0.15, 0.2) is 23.1 Å². The molecular formula is C33H45BrO5. The van der Waals surface area contributed by atoms with Gasteiger partial charge in [0.2, 0.25) is 0 Å². The van der Waals surface area contributed by atoms with Gasteiger partial charge >= 0.3 is 0 Å². The smallest absolute Gasteiger partial charge is 0.175 e. The maximum absolute atomic E-state index is 13.6. The average Bonchev–Trinajstić information content (AvgIpc) is 2.82. The highest BCUT2D eigenvalue weighted by atomic mass is 79.9. The SMILES string of the molecule is CCCCCCCCOc1c(Br)cc(C2C3=C(CC(C)(C)CC3=O)OC3=C2C(=O)CC(C)(C)C3)cc1OCC. The molecule has 0 radical (unpaired) electrons. The van der Waals surface area contributed by atoms with E-state index in [1.54, 1.807) is 0 Å². The minimum absolute atomic E-state index is 0.0629. The van der Waals surface area contributed by atoms with Gasteiger partial charge in [-0.05, 0) is 57.8 Å². The predicted octanol–water partition coefficient (Wildman–Crippen LogP) is 8.99. The number of halogens is 1. The van der Waals surface area contributed by atoms with E-state index in [0.29, 0.717) is 61.5 Å². The number of benzene rings is 1. The molecule has 0 spiro atoms. The van der Waals surface area contributed by atoms with Crippen LogP contribution in [0.3, 0.4) is 0 Å². The van der Waals surface area contributed by atoms with E-state index in [0.717, 1.165) is 34.4 Å². The third-order valence-corrected chi connectivity index (χ3v) is 8.58. The number of carbonyl (C=O) groups is 2. The first kappa shape index (κ1) is 29.9. The lowest BCUT2D eigenvalue weighted by Gasteiger charge is -2.42. The van der Waals surface area contributed by atoms with Crippen LogP contribution in [0.5, 0.6) is 11.5 Å². The van der Waals surface area contributed by atoms with Gasteiger partial charge in [0.1, 0.15) is 11.5 Å². The van der Waals surface area contributed by atoms with Crippen molar-refractivity contribution in [1.29, 1.82) is 0 Å². The van der Waals surface area contributed by atoms with Crippen molar-refractivity contribution in [2.45, 2.75) is 112 Å². The van der Waals surface area contributed by atoms with Gasteiger partial charge in [0.05, 0.1) is 17.7 Å². The summed E-state index contributed by atoms with van der Waals surface area (Å²) in [6.07, 6.45) is 9.38. The second-order valence-corrected chi connectivity index (χ2v) is 13.8. The molecular weight excluding hydrogens is 556 g/mol. The zero-order valence-electron chi connectivity index (χ0n) is 24.6. The summed E-state index contributed by atoms with van der Waals surface area (Å²) in [5.41, 5.74) is 1.77. The summed E-state index contributed by atoms with van der Waals surface area (Å²) in [6.45, 7) is 13.7. The standard InChI is InChI=1S/C33H45BrO5/c1-7-9-10-11-12-13-14-38-31-22(34)15-21(16-25(31)37-8-2)28-29-23(35)17-32(3,4)19-26(29)39-27-20-33(5,6)18-24(36)30(27)28/h15-16,28H,7-14,17-20H2,1-6H3. The lowest BCUT2D eigenvalue weighted by Crippen LogP contribution is -2.37. The fraction of sp³-hybridized carbons (Fsp3) is 0.636. The molecule has 3 aliphatic rings. The van der Waals surface area contributed by atoms with Gasteiger partial charge < -0.3 is 14.2 Å². The van der Waals surface area contributed by atoms with Crippen LogP contribution in [-0.2, 0) is 14.3 Å². The van der Waals surface area contributed by atoms with Crippen LogP contribution in [0.1, 0.15) is 117 Å². The summed E-state index contributed by atoms with van der Waals surface area (Å²) in [4.78, 5) is 27.3. The zero-order valence-corrected chi connectivity index (χ0v) is 26.2. The molecule has 6 heteroatoms. The third kappa shape index (κ3) is 6.81. The normalized spacial score (nSPS) is 20.5. The molecule has 0 fully saturated rings. The first-order valence-corrected chi connectivity index (χ1v) is 15.5. The Morgan fingerprint density at radius 2 is 1.38 bits per heavy atom. The van der Waals surface area contributed by atoms with Crippen LogP contribution in [0.25, 0.3) is 0 Å². The Bertz CT molecular complexity index is 1120. The zero-order chi connectivity index (χ0) is 28.4. The van der Waals surface area contributed by atoms with Crippen LogP contribution in [-0.4, -0.2) is 24.8 Å². The molecule has 0 bridgehead atoms. The molecule has 1 aromatic rings. The summed E-state index contributed by atoms with van der Waals surface area (Å²) in [5.74, 6) is 2.43. The van der Waals surface area contributed by atoms with Gasteiger partial charge in [0, 0.05) is 42.7 Å². The number of ether oxygens (including phenoxy) is 3. The molecule has 0 unspecified atom stereocenters. The highest BCUT2D eigenvalue weighted by Crippen LogP contribution is 2.54. The second kappa shape index (κ2) is 12.2. The number of hydrogen-bond donors (Lipinski definition) is 0. The molecule has 5 nitrogen and oxygen atoms in total. The molecule has 0 aromatic heterocycles. The van der Waals surface area contributed by atoms with Crippen molar-refractivity contribution in [2.75, 3.05) is 13.2 Å². The summed E-state index contributed by atoms with van der Waals surface area (Å²) in [7, 11) is 0. The topological polar surface area (TPSA) is 61.8 Å². The van der Waals surface area contributed by atoms with E-state index in [-0.39, 0.29) is 22.4 Å². The Morgan fingerprint density at radius 3 is 1.95 bits per heavy atom. The molecule has 39 heavy (non-hydrogen) atoms. The third-order valence-electron chi connectivity index (χ3n) is 7.99. The van der Waals surface area contributed by atoms with Gasteiger partial charge in [-0.2, -0.15) is 0 Å². The highest BCUT2D eigenvalue weighted by Gasteiger charge is 2.48. The molecule has 1 aromatic carbocycles. The van der Waals surface area contributed by atoms with Gasteiger partial charge in [-0.15, -0.1) is 0 Å². The minimum Gasteiger partial charge on any atom is -0.490 e. The molecule has 214 valence electrons. The summed E-state index contributed by atoms with van der Waals surface area (Å²) in [6, 6.07) is 3.97. The molecule has 1 heterocycles. The number of carbonyl (C=O) groups excluding carboxylic acids is 2. The quantitative estimate of drug-likeness (QED) is 0.237. The van der Waals surface area contributed by atoms with Gasteiger partial charge in [-0.3, -0.25) is 9.59 Å². The Hall–Kier alpha value is -2.08. The van der Waals surface area contributed by atoms with E-state index < -0.39 is 5.92 Å². The summed E-state index contributed by atoms with van der Waals surface area (Å²) < 4.78 is 19.5. The van der Waals surface area contributed by atoms with E-state index in [2.05, 4.69) is 50.5 Å². The van der Waals surface area contributed by atoms with Crippen molar-refractivity contribution in [3.63, 3.8) is 0 Å². The Balaban J connectivity index is 1.71. The van der Waals surface area contributed by atoms with Crippen LogP contribution >= 0.6 is 15.9 Å². The predicted molar refractivity (Wildman–Crippen MR) is 158 cm³/mol. The Kier molecular flexibility index (Phi) is 9.35. The number of allylic oxidation sites excluding steroid dienone is 4. The molecule has 2 aliphatic carbocycles. The van der Waals surface area contributed by atoms with Crippen LogP contribution in [0.4, 0.5) is 0 Å². The van der Waals surface area contributed by atoms with E-state index >= 15 is 0 Å². The summed E-state index contributed by atoms with van der Waals surface area (Å²) >= 11 is 3.74. The van der Waals surface area contributed by atoms with Crippen LogP contribution in [0.2, 0.25) is 0 Å².